The molecule has 3 N–H and O–H groups in total. The van der Waals surface area contributed by atoms with Crippen LogP contribution in [0.1, 0.15) is 12.0 Å². The van der Waals surface area contributed by atoms with E-state index < -0.39 is 10.0 Å². The summed E-state index contributed by atoms with van der Waals surface area (Å²) in [5.41, 5.74) is 1.34. The first kappa shape index (κ1) is 22.8. The molecule has 0 radical (unpaired) electrons. The highest BCUT2D eigenvalue weighted by Crippen LogP contribution is 2.28. The van der Waals surface area contributed by atoms with Gasteiger partial charge in [0, 0.05) is 18.7 Å². The van der Waals surface area contributed by atoms with E-state index in [2.05, 4.69) is 15.4 Å². The molecule has 0 unspecified atom stereocenters. The number of amides is 1. The average molecular weight is 414 g/mol. The number of anilines is 2. The number of hydrogen-bond donors (Lipinski definition) is 3. The molecule has 0 aromatic heterocycles. The standard InChI is InChI=1S/C18H23N3O4S.ClH/c1-13-8-9-14(20-18(22)10-11-19-2)12-17(13)26(23,24)21-15-6-4-5-7-16(15)25-3;/h4-9,12,19,21H,10-11H2,1-3H3,(H,20,22);1H. The molecular formula is C18H24ClN3O4S. The van der Waals surface area contributed by atoms with Crippen LogP contribution in [0.25, 0.3) is 0 Å². The van der Waals surface area contributed by atoms with Crippen LogP contribution in [0.5, 0.6) is 5.75 Å². The second-order valence-electron chi connectivity index (χ2n) is 5.69. The minimum atomic E-state index is -3.85. The third-order valence-corrected chi connectivity index (χ3v) is 5.22. The molecule has 0 aliphatic rings. The summed E-state index contributed by atoms with van der Waals surface area (Å²) in [5.74, 6) is 0.231. The van der Waals surface area contributed by atoms with E-state index in [0.29, 0.717) is 35.7 Å². The molecule has 1 amide bonds. The molecule has 7 nitrogen and oxygen atoms in total. The first-order valence-electron chi connectivity index (χ1n) is 8.08. The fraction of sp³-hybridized carbons (Fsp3) is 0.278. The lowest BCUT2D eigenvalue weighted by molar-refractivity contribution is -0.116. The Kier molecular flexibility index (Phi) is 8.55. The number of ether oxygens (including phenoxy) is 1. The predicted molar refractivity (Wildman–Crippen MR) is 109 cm³/mol. The molecule has 2 aromatic rings. The van der Waals surface area contributed by atoms with Gasteiger partial charge in [0.25, 0.3) is 10.0 Å². The van der Waals surface area contributed by atoms with E-state index in [-0.39, 0.29) is 23.2 Å². The third kappa shape index (κ3) is 6.13. The molecule has 0 bridgehead atoms. The van der Waals surface area contributed by atoms with Gasteiger partial charge < -0.3 is 15.4 Å². The summed E-state index contributed by atoms with van der Waals surface area (Å²) in [7, 11) is -0.616. The molecule has 27 heavy (non-hydrogen) atoms. The maximum Gasteiger partial charge on any atom is 0.262 e. The van der Waals surface area contributed by atoms with Crippen LogP contribution in [0.4, 0.5) is 11.4 Å². The number of aryl methyl sites for hydroxylation is 1. The molecule has 2 aromatic carbocycles. The second-order valence-corrected chi connectivity index (χ2v) is 7.34. The Labute approximate surface area is 166 Å². The van der Waals surface area contributed by atoms with Crippen molar-refractivity contribution in [1.82, 2.24) is 5.32 Å². The second kappa shape index (κ2) is 10.1. The van der Waals surface area contributed by atoms with Crippen LogP contribution in [-0.4, -0.2) is 35.0 Å². The number of rotatable bonds is 8. The lowest BCUT2D eigenvalue weighted by Crippen LogP contribution is -2.19. The van der Waals surface area contributed by atoms with Crippen LogP contribution in [0.15, 0.2) is 47.4 Å². The van der Waals surface area contributed by atoms with Crippen LogP contribution in [0, 0.1) is 6.92 Å². The van der Waals surface area contributed by atoms with E-state index >= 15 is 0 Å². The van der Waals surface area contributed by atoms with Crippen molar-refractivity contribution in [2.24, 2.45) is 0 Å². The summed E-state index contributed by atoms with van der Waals surface area (Å²) in [6.45, 7) is 2.24. The Hall–Kier alpha value is -2.29. The van der Waals surface area contributed by atoms with Gasteiger partial charge in [0.2, 0.25) is 5.91 Å². The zero-order valence-corrected chi connectivity index (χ0v) is 17.0. The van der Waals surface area contributed by atoms with E-state index in [1.807, 2.05) is 0 Å². The number of sulfonamides is 1. The molecule has 9 heteroatoms. The number of nitrogens with one attached hydrogen (secondary N) is 3. The summed E-state index contributed by atoms with van der Waals surface area (Å²) in [6, 6.07) is 11.5. The normalized spacial score (nSPS) is 10.6. The summed E-state index contributed by atoms with van der Waals surface area (Å²) < 4.78 is 33.3. The number of halogens is 1. The molecule has 0 aliphatic heterocycles. The molecule has 0 heterocycles. The summed E-state index contributed by atoms with van der Waals surface area (Å²) in [4.78, 5) is 12.0. The lowest BCUT2D eigenvalue weighted by Gasteiger charge is -2.14. The third-order valence-electron chi connectivity index (χ3n) is 3.71. The van der Waals surface area contributed by atoms with Crippen LogP contribution in [0.2, 0.25) is 0 Å². The molecule has 148 valence electrons. The minimum absolute atomic E-state index is 0. The van der Waals surface area contributed by atoms with E-state index in [4.69, 9.17) is 4.74 Å². The van der Waals surface area contributed by atoms with Crippen molar-refractivity contribution in [1.29, 1.82) is 0 Å². The van der Waals surface area contributed by atoms with Crippen molar-refractivity contribution in [2.75, 3.05) is 30.7 Å². The first-order chi connectivity index (χ1) is 12.4. The Morgan fingerprint density at radius 3 is 2.52 bits per heavy atom. The highest BCUT2D eigenvalue weighted by atomic mass is 35.5. The van der Waals surface area contributed by atoms with Gasteiger partial charge in [-0.05, 0) is 43.8 Å². The number of para-hydroxylation sites is 2. The number of carbonyl (C=O) groups is 1. The Balaban J connectivity index is 0.00000364. The number of benzene rings is 2. The molecule has 2 rings (SSSR count). The monoisotopic (exact) mass is 413 g/mol. The highest BCUT2D eigenvalue weighted by molar-refractivity contribution is 7.92. The average Bonchev–Trinajstić information content (AvgIpc) is 2.61. The molecule has 0 fully saturated rings. The van der Waals surface area contributed by atoms with Gasteiger partial charge in [-0.3, -0.25) is 9.52 Å². The van der Waals surface area contributed by atoms with Gasteiger partial charge in [-0.25, -0.2) is 8.42 Å². The van der Waals surface area contributed by atoms with E-state index in [0.717, 1.165) is 0 Å². The van der Waals surface area contributed by atoms with Gasteiger partial charge in [0.15, 0.2) is 0 Å². The fourth-order valence-corrected chi connectivity index (χ4v) is 3.70. The quantitative estimate of drug-likeness (QED) is 0.618. The van der Waals surface area contributed by atoms with Gasteiger partial charge in [-0.15, -0.1) is 12.4 Å². The van der Waals surface area contributed by atoms with Gasteiger partial charge in [-0.1, -0.05) is 18.2 Å². The van der Waals surface area contributed by atoms with Gasteiger partial charge in [-0.2, -0.15) is 0 Å². The van der Waals surface area contributed by atoms with Crippen molar-refractivity contribution < 1.29 is 17.9 Å². The maximum atomic E-state index is 12.8. The van der Waals surface area contributed by atoms with Crippen molar-refractivity contribution in [2.45, 2.75) is 18.2 Å². The van der Waals surface area contributed by atoms with E-state index in [1.165, 1.54) is 13.2 Å². The Bertz CT molecular complexity index is 888. The molecule has 0 spiro atoms. The van der Waals surface area contributed by atoms with Crippen LogP contribution < -0.4 is 20.1 Å². The first-order valence-corrected chi connectivity index (χ1v) is 9.56. The van der Waals surface area contributed by atoms with Crippen LogP contribution >= 0.6 is 12.4 Å². The zero-order valence-electron chi connectivity index (χ0n) is 15.4. The Morgan fingerprint density at radius 2 is 1.85 bits per heavy atom. The molecule has 0 aliphatic carbocycles. The van der Waals surface area contributed by atoms with Crippen LogP contribution in [-0.2, 0) is 14.8 Å². The molecule has 0 saturated heterocycles. The SMILES string of the molecule is CNCCC(=O)Nc1ccc(C)c(S(=O)(=O)Nc2ccccc2OC)c1.Cl. The predicted octanol–water partition coefficient (Wildman–Crippen LogP) is 2.77. The van der Waals surface area contributed by atoms with E-state index in [9.17, 15) is 13.2 Å². The van der Waals surface area contributed by atoms with Crippen molar-refractivity contribution >= 4 is 39.7 Å². The summed E-state index contributed by atoms with van der Waals surface area (Å²) in [5, 5.41) is 5.60. The zero-order chi connectivity index (χ0) is 19.2. The number of methoxy groups -OCH3 is 1. The van der Waals surface area contributed by atoms with Gasteiger partial charge in [0.05, 0.1) is 17.7 Å². The van der Waals surface area contributed by atoms with Crippen molar-refractivity contribution in [3.8, 4) is 5.75 Å². The van der Waals surface area contributed by atoms with E-state index in [1.54, 1.807) is 50.4 Å². The molecular weight excluding hydrogens is 390 g/mol. The number of hydrogen-bond acceptors (Lipinski definition) is 5. The van der Waals surface area contributed by atoms with Crippen molar-refractivity contribution in [3.05, 3.63) is 48.0 Å². The van der Waals surface area contributed by atoms with Crippen molar-refractivity contribution in [3.63, 3.8) is 0 Å². The molecule has 0 atom stereocenters. The smallest absolute Gasteiger partial charge is 0.262 e. The van der Waals surface area contributed by atoms with Gasteiger partial charge in [0.1, 0.15) is 5.75 Å². The Morgan fingerprint density at radius 1 is 1.15 bits per heavy atom. The van der Waals surface area contributed by atoms with Gasteiger partial charge >= 0.3 is 0 Å². The highest BCUT2D eigenvalue weighted by Gasteiger charge is 2.19. The van der Waals surface area contributed by atoms with Crippen LogP contribution in [0.3, 0.4) is 0 Å². The fourth-order valence-electron chi connectivity index (χ4n) is 2.36. The maximum absolute atomic E-state index is 12.8. The minimum Gasteiger partial charge on any atom is -0.495 e. The lowest BCUT2D eigenvalue weighted by atomic mass is 10.2. The summed E-state index contributed by atoms with van der Waals surface area (Å²) >= 11 is 0. The number of carbonyl (C=O) groups excluding carboxylic acids is 1. The molecule has 0 saturated carbocycles. The largest absolute Gasteiger partial charge is 0.495 e. The summed E-state index contributed by atoms with van der Waals surface area (Å²) in [6.07, 6.45) is 0.298. The topological polar surface area (TPSA) is 96.5 Å².